The maximum absolute atomic E-state index is 3.63. The van der Waals surface area contributed by atoms with E-state index < -0.39 is 0 Å². The molecule has 2 saturated heterocycles. The first-order valence-electron chi connectivity index (χ1n) is 6.67. The number of nitrogens with one attached hydrogen (secondary N) is 1. The zero-order valence-corrected chi connectivity index (χ0v) is 11.8. The Morgan fingerprint density at radius 1 is 1.38 bits per heavy atom. The molecule has 0 spiro atoms. The van der Waals surface area contributed by atoms with Crippen LogP contribution in [-0.4, -0.2) is 47.1 Å². The summed E-state index contributed by atoms with van der Waals surface area (Å²) in [7, 11) is 0. The number of hydrogen-bond acceptors (Lipinski definition) is 3. The molecular formula is C13H26N2S. The third kappa shape index (κ3) is 3.38. The third-order valence-electron chi connectivity index (χ3n) is 3.81. The van der Waals surface area contributed by atoms with E-state index in [1.807, 2.05) is 0 Å². The van der Waals surface area contributed by atoms with Gasteiger partial charge in [0, 0.05) is 36.5 Å². The van der Waals surface area contributed by atoms with Crippen molar-refractivity contribution in [1.29, 1.82) is 0 Å². The van der Waals surface area contributed by atoms with Crippen LogP contribution in [0.2, 0.25) is 0 Å². The molecule has 0 aromatic rings. The monoisotopic (exact) mass is 242 g/mol. The van der Waals surface area contributed by atoms with E-state index in [1.165, 1.54) is 38.1 Å². The molecule has 0 bridgehead atoms. The quantitative estimate of drug-likeness (QED) is 0.800. The van der Waals surface area contributed by atoms with Crippen LogP contribution in [0.5, 0.6) is 0 Å². The summed E-state index contributed by atoms with van der Waals surface area (Å²) in [6, 6.07) is 0.704. The lowest BCUT2D eigenvalue weighted by Crippen LogP contribution is -2.61. The highest BCUT2D eigenvalue weighted by molar-refractivity contribution is 7.99. The summed E-state index contributed by atoms with van der Waals surface area (Å²) in [5, 5.41) is 4.52. The van der Waals surface area contributed by atoms with Gasteiger partial charge in [0.1, 0.15) is 0 Å². The molecule has 2 rings (SSSR count). The van der Waals surface area contributed by atoms with E-state index in [4.69, 9.17) is 0 Å². The van der Waals surface area contributed by atoms with E-state index in [0.717, 1.165) is 11.8 Å². The zero-order valence-electron chi connectivity index (χ0n) is 11.0. The lowest BCUT2D eigenvalue weighted by atomic mass is 9.98. The van der Waals surface area contributed by atoms with Crippen LogP contribution in [0.3, 0.4) is 0 Å². The summed E-state index contributed by atoms with van der Waals surface area (Å²) >= 11 is 2.20. The molecule has 2 heterocycles. The summed E-state index contributed by atoms with van der Waals surface area (Å²) in [5.41, 5.74) is 0.297. The molecule has 16 heavy (non-hydrogen) atoms. The number of piperazine rings is 1. The van der Waals surface area contributed by atoms with Crippen molar-refractivity contribution in [2.24, 2.45) is 0 Å². The average molecular weight is 242 g/mol. The highest BCUT2D eigenvalue weighted by atomic mass is 32.2. The molecule has 2 aliphatic heterocycles. The molecule has 2 aliphatic rings. The van der Waals surface area contributed by atoms with Crippen LogP contribution in [-0.2, 0) is 0 Å². The zero-order chi connectivity index (χ0) is 11.6. The predicted molar refractivity (Wildman–Crippen MR) is 73.2 cm³/mol. The van der Waals surface area contributed by atoms with Gasteiger partial charge in [0.15, 0.2) is 0 Å². The number of thioether (sulfide) groups is 1. The molecule has 0 aromatic carbocycles. The minimum absolute atomic E-state index is 0.297. The van der Waals surface area contributed by atoms with Crippen molar-refractivity contribution in [2.45, 2.75) is 56.9 Å². The second-order valence-electron chi connectivity index (χ2n) is 6.03. The van der Waals surface area contributed by atoms with E-state index in [0.29, 0.717) is 11.6 Å². The van der Waals surface area contributed by atoms with E-state index >= 15 is 0 Å². The van der Waals surface area contributed by atoms with Crippen molar-refractivity contribution >= 4 is 11.8 Å². The molecule has 2 nitrogen and oxygen atoms in total. The summed E-state index contributed by atoms with van der Waals surface area (Å²) < 4.78 is 0. The Morgan fingerprint density at radius 3 is 2.88 bits per heavy atom. The van der Waals surface area contributed by atoms with Crippen LogP contribution in [0.15, 0.2) is 0 Å². The Kier molecular flexibility index (Phi) is 4.20. The summed E-state index contributed by atoms with van der Waals surface area (Å²) in [6.07, 6.45) is 4.31. The molecule has 0 saturated carbocycles. The Bertz CT molecular complexity index is 224. The molecule has 2 fully saturated rings. The second kappa shape index (κ2) is 5.28. The van der Waals surface area contributed by atoms with E-state index in [9.17, 15) is 0 Å². The van der Waals surface area contributed by atoms with Gasteiger partial charge in [-0.3, -0.25) is 4.90 Å². The van der Waals surface area contributed by atoms with Crippen LogP contribution in [0.1, 0.15) is 40.0 Å². The number of rotatable bonds is 2. The molecular weight excluding hydrogens is 216 g/mol. The number of hydrogen-bond donors (Lipinski definition) is 1. The Morgan fingerprint density at radius 2 is 2.19 bits per heavy atom. The number of nitrogens with zero attached hydrogens (tertiary/aromatic N) is 1. The molecule has 2 atom stereocenters. The lowest BCUT2D eigenvalue weighted by Gasteiger charge is -2.44. The summed E-state index contributed by atoms with van der Waals surface area (Å²) in [6.45, 7) is 10.6. The second-order valence-corrected chi connectivity index (χ2v) is 7.44. The van der Waals surface area contributed by atoms with Crippen LogP contribution in [0.25, 0.3) is 0 Å². The molecule has 0 amide bonds. The first-order chi connectivity index (χ1) is 7.57. The molecule has 2 unspecified atom stereocenters. The van der Waals surface area contributed by atoms with Gasteiger partial charge in [-0.15, -0.1) is 0 Å². The van der Waals surface area contributed by atoms with Gasteiger partial charge in [0.25, 0.3) is 0 Å². The van der Waals surface area contributed by atoms with Crippen molar-refractivity contribution in [1.82, 2.24) is 10.2 Å². The minimum atomic E-state index is 0.297. The molecule has 0 radical (unpaired) electrons. The first-order valence-corrected chi connectivity index (χ1v) is 7.72. The Hall–Kier alpha value is 0.270. The van der Waals surface area contributed by atoms with Crippen LogP contribution < -0.4 is 5.32 Å². The molecule has 94 valence electrons. The van der Waals surface area contributed by atoms with E-state index in [2.05, 4.69) is 42.7 Å². The largest absolute Gasteiger partial charge is 0.309 e. The maximum Gasteiger partial charge on any atom is 0.0252 e. The van der Waals surface area contributed by atoms with Crippen LogP contribution in [0, 0.1) is 0 Å². The molecule has 0 aliphatic carbocycles. The van der Waals surface area contributed by atoms with Crippen molar-refractivity contribution in [3.63, 3.8) is 0 Å². The van der Waals surface area contributed by atoms with Gasteiger partial charge in [-0.1, -0.05) is 6.42 Å². The van der Waals surface area contributed by atoms with Gasteiger partial charge >= 0.3 is 0 Å². The van der Waals surface area contributed by atoms with Crippen molar-refractivity contribution in [3.8, 4) is 0 Å². The highest BCUT2D eigenvalue weighted by Gasteiger charge is 2.31. The van der Waals surface area contributed by atoms with Gasteiger partial charge in [0.2, 0.25) is 0 Å². The highest BCUT2D eigenvalue weighted by Crippen LogP contribution is 2.27. The predicted octanol–water partition coefficient (Wildman–Crippen LogP) is 2.34. The van der Waals surface area contributed by atoms with Gasteiger partial charge in [-0.2, -0.15) is 11.8 Å². The normalized spacial score (nSPS) is 36.2. The Labute approximate surface area is 105 Å². The van der Waals surface area contributed by atoms with Gasteiger partial charge in [-0.25, -0.2) is 0 Å². The summed E-state index contributed by atoms with van der Waals surface area (Å²) in [4.78, 5) is 2.69. The average Bonchev–Trinajstić information content (AvgIpc) is 2.25. The topological polar surface area (TPSA) is 15.3 Å². The van der Waals surface area contributed by atoms with Gasteiger partial charge < -0.3 is 5.32 Å². The smallest absolute Gasteiger partial charge is 0.0252 e. The van der Waals surface area contributed by atoms with Gasteiger partial charge in [-0.05, 0) is 39.4 Å². The third-order valence-corrected chi connectivity index (χ3v) is 5.19. The molecule has 0 aromatic heterocycles. The van der Waals surface area contributed by atoms with Crippen molar-refractivity contribution < 1.29 is 0 Å². The van der Waals surface area contributed by atoms with E-state index in [-0.39, 0.29) is 0 Å². The summed E-state index contributed by atoms with van der Waals surface area (Å²) in [5.74, 6) is 1.38. The van der Waals surface area contributed by atoms with Crippen molar-refractivity contribution in [3.05, 3.63) is 0 Å². The Balaban J connectivity index is 1.86. The fourth-order valence-corrected chi connectivity index (χ4v) is 4.06. The minimum Gasteiger partial charge on any atom is -0.309 e. The SMILES string of the molecule is CC1CNC(C)(C)CN1CC1CCCCS1. The fourth-order valence-electron chi connectivity index (χ4n) is 2.73. The lowest BCUT2D eigenvalue weighted by molar-refractivity contribution is 0.104. The fraction of sp³-hybridized carbons (Fsp3) is 1.00. The molecule has 1 N–H and O–H groups in total. The first kappa shape index (κ1) is 12.7. The molecule has 3 heteroatoms. The van der Waals surface area contributed by atoms with Gasteiger partial charge in [0.05, 0.1) is 0 Å². The van der Waals surface area contributed by atoms with Crippen LogP contribution >= 0.6 is 11.8 Å². The van der Waals surface area contributed by atoms with Crippen LogP contribution in [0.4, 0.5) is 0 Å². The van der Waals surface area contributed by atoms with Crippen molar-refractivity contribution in [2.75, 3.05) is 25.4 Å². The van der Waals surface area contributed by atoms with E-state index in [1.54, 1.807) is 0 Å². The standard InChI is InChI=1S/C13H26N2S/c1-11-8-14-13(2,3)10-15(11)9-12-6-4-5-7-16-12/h11-12,14H,4-10H2,1-3H3. The maximum atomic E-state index is 3.63.